The van der Waals surface area contributed by atoms with Gasteiger partial charge in [-0.15, -0.1) is 0 Å². The maximum atomic E-state index is 12.4. The van der Waals surface area contributed by atoms with E-state index in [1.807, 2.05) is 6.92 Å². The third kappa shape index (κ3) is 3.93. The Hall–Kier alpha value is -1.17. The highest BCUT2D eigenvalue weighted by molar-refractivity contribution is 9.10. The van der Waals surface area contributed by atoms with E-state index in [4.69, 9.17) is 0 Å². The molecular formula is C16H17BrO3S. The smallest absolute Gasteiger partial charge is 0.181 e. The Bertz CT molecular complexity index is 717. The van der Waals surface area contributed by atoms with Crippen molar-refractivity contribution < 1.29 is 13.5 Å². The average molecular weight is 369 g/mol. The van der Waals surface area contributed by atoms with Gasteiger partial charge in [0, 0.05) is 4.47 Å². The van der Waals surface area contributed by atoms with Crippen LogP contribution in [0.4, 0.5) is 0 Å². The summed E-state index contributed by atoms with van der Waals surface area (Å²) in [7, 11) is -3.55. The van der Waals surface area contributed by atoms with E-state index >= 15 is 0 Å². The van der Waals surface area contributed by atoms with Gasteiger partial charge in [0.25, 0.3) is 0 Å². The molecule has 1 N–H and O–H groups in total. The lowest BCUT2D eigenvalue weighted by Gasteiger charge is -2.23. The Morgan fingerprint density at radius 1 is 1.05 bits per heavy atom. The van der Waals surface area contributed by atoms with Crippen LogP contribution in [0.2, 0.25) is 0 Å². The normalized spacial score (nSPS) is 14.7. The van der Waals surface area contributed by atoms with Gasteiger partial charge in [-0.1, -0.05) is 45.8 Å². The molecule has 3 nitrogen and oxygen atoms in total. The van der Waals surface area contributed by atoms with Crippen LogP contribution in [-0.2, 0) is 15.4 Å². The molecule has 1 atom stereocenters. The van der Waals surface area contributed by atoms with Gasteiger partial charge in [-0.3, -0.25) is 0 Å². The molecule has 0 saturated carbocycles. The Labute approximate surface area is 133 Å². The lowest BCUT2D eigenvalue weighted by molar-refractivity contribution is 0.0819. The fraction of sp³-hybridized carbons (Fsp3) is 0.250. The Morgan fingerprint density at radius 2 is 1.57 bits per heavy atom. The number of hydrogen-bond acceptors (Lipinski definition) is 3. The zero-order chi connectivity index (χ0) is 15.7. The van der Waals surface area contributed by atoms with Crippen LogP contribution in [0.3, 0.4) is 0 Å². The Balaban J connectivity index is 2.30. The summed E-state index contributed by atoms with van der Waals surface area (Å²) in [5, 5.41) is 10.5. The molecule has 0 radical (unpaired) electrons. The van der Waals surface area contributed by atoms with E-state index in [9.17, 15) is 13.5 Å². The average Bonchev–Trinajstić information content (AvgIpc) is 2.38. The van der Waals surface area contributed by atoms with Crippen LogP contribution in [0.15, 0.2) is 57.9 Å². The summed E-state index contributed by atoms with van der Waals surface area (Å²) in [6.45, 7) is 3.41. The second kappa shape index (κ2) is 5.91. The molecule has 2 aromatic rings. The van der Waals surface area contributed by atoms with Crippen molar-refractivity contribution in [2.75, 3.05) is 5.75 Å². The van der Waals surface area contributed by atoms with Crippen molar-refractivity contribution in [3.05, 3.63) is 64.1 Å². The van der Waals surface area contributed by atoms with Crippen molar-refractivity contribution >= 4 is 25.8 Å². The van der Waals surface area contributed by atoms with E-state index in [1.165, 1.54) is 6.92 Å². The van der Waals surface area contributed by atoms with Gasteiger partial charge in [0.15, 0.2) is 9.84 Å². The number of sulfone groups is 1. The number of aryl methyl sites for hydroxylation is 1. The maximum Gasteiger partial charge on any atom is 0.181 e. The van der Waals surface area contributed by atoms with Crippen molar-refractivity contribution in [3.8, 4) is 0 Å². The molecule has 0 aliphatic rings. The van der Waals surface area contributed by atoms with Gasteiger partial charge in [-0.25, -0.2) is 8.42 Å². The fourth-order valence-electron chi connectivity index (χ4n) is 2.09. The number of aliphatic hydroxyl groups is 1. The molecule has 21 heavy (non-hydrogen) atoms. The first-order valence-corrected chi connectivity index (χ1v) is 8.93. The first kappa shape index (κ1) is 16.2. The summed E-state index contributed by atoms with van der Waals surface area (Å²) in [5.74, 6) is -0.356. The molecule has 0 amide bonds. The molecule has 1 unspecified atom stereocenters. The van der Waals surface area contributed by atoms with Crippen LogP contribution in [0, 0.1) is 6.92 Å². The van der Waals surface area contributed by atoms with Crippen LogP contribution in [0.25, 0.3) is 0 Å². The van der Waals surface area contributed by atoms with Crippen molar-refractivity contribution in [2.24, 2.45) is 0 Å². The number of halogens is 1. The van der Waals surface area contributed by atoms with Crippen molar-refractivity contribution in [1.29, 1.82) is 0 Å². The molecule has 2 aromatic carbocycles. The molecule has 0 spiro atoms. The van der Waals surface area contributed by atoms with E-state index < -0.39 is 15.4 Å². The third-order valence-corrected chi connectivity index (χ3v) is 5.78. The lowest BCUT2D eigenvalue weighted by atomic mass is 9.99. The van der Waals surface area contributed by atoms with E-state index in [-0.39, 0.29) is 10.6 Å². The standard InChI is InChI=1S/C16H17BrO3S/c1-12-3-9-15(10-4-12)21(19,20)11-16(2,18)13-5-7-14(17)8-6-13/h3-10,18H,11H2,1-2H3. The summed E-state index contributed by atoms with van der Waals surface area (Å²) in [6, 6.07) is 13.6. The molecule has 0 aliphatic heterocycles. The zero-order valence-electron chi connectivity index (χ0n) is 11.9. The Morgan fingerprint density at radius 3 is 2.10 bits per heavy atom. The first-order chi connectivity index (χ1) is 9.71. The first-order valence-electron chi connectivity index (χ1n) is 6.49. The van der Waals surface area contributed by atoms with E-state index in [0.29, 0.717) is 5.56 Å². The van der Waals surface area contributed by atoms with E-state index in [0.717, 1.165) is 10.0 Å². The summed E-state index contributed by atoms with van der Waals surface area (Å²) in [5.41, 5.74) is 0.125. The Kier molecular flexibility index (Phi) is 4.56. The second-order valence-corrected chi connectivity index (χ2v) is 8.26. The quantitative estimate of drug-likeness (QED) is 0.898. The minimum absolute atomic E-state index is 0.227. The van der Waals surface area contributed by atoms with E-state index in [2.05, 4.69) is 15.9 Å². The predicted molar refractivity (Wildman–Crippen MR) is 86.9 cm³/mol. The van der Waals surface area contributed by atoms with Crippen molar-refractivity contribution in [3.63, 3.8) is 0 Å². The highest BCUT2D eigenvalue weighted by atomic mass is 79.9. The minimum atomic E-state index is -3.55. The molecule has 0 fully saturated rings. The van der Waals surface area contributed by atoms with Crippen molar-refractivity contribution in [2.45, 2.75) is 24.3 Å². The predicted octanol–water partition coefficient (Wildman–Crippen LogP) is 3.44. The SMILES string of the molecule is Cc1ccc(S(=O)(=O)CC(C)(O)c2ccc(Br)cc2)cc1. The number of hydrogen-bond donors (Lipinski definition) is 1. The van der Waals surface area contributed by atoms with Gasteiger partial charge in [-0.05, 0) is 43.7 Å². The van der Waals surface area contributed by atoms with Crippen LogP contribution in [0.5, 0.6) is 0 Å². The van der Waals surface area contributed by atoms with Gasteiger partial charge in [-0.2, -0.15) is 0 Å². The second-order valence-electron chi connectivity index (χ2n) is 5.35. The van der Waals surface area contributed by atoms with Crippen molar-refractivity contribution in [1.82, 2.24) is 0 Å². The monoisotopic (exact) mass is 368 g/mol. The number of rotatable bonds is 4. The molecule has 112 valence electrons. The highest BCUT2D eigenvalue weighted by Gasteiger charge is 2.31. The summed E-state index contributed by atoms with van der Waals surface area (Å²) >= 11 is 3.32. The van der Waals surface area contributed by atoms with Gasteiger partial charge in [0.05, 0.1) is 10.6 Å². The zero-order valence-corrected chi connectivity index (χ0v) is 14.3. The molecule has 0 bridgehead atoms. The molecular weight excluding hydrogens is 352 g/mol. The molecule has 0 aromatic heterocycles. The molecule has 0 saturated heterocycles. The largest absolute Gasteiger partial charge is 0.384 e. The van der Waals surface area contributed by atoms with Gasteiger partial charge in [0.2, 0.25) is 0 Å². The minimum Gasteiger partial charge on any atom is -0.384 e. The summed E-state index contributed by atoms with van der Waals surface area (Å²) < 4.78 is 25.7. The van der Waals surface area contributed by atoms with Crippen LogP contribution >= 0.6 is 15.9 Å². The van der Waals surface area contributed by atoms with Gasteiger partial charge < -0.3 is 5.11 Å². The topological polar surface area (TPSA) is 54.4 Å². The fourth-order valence-corrected chi connectivity index (χ4v) is 3.98. The van der Waals surface area contributed by atoms with Crippen LogP contribution in [-0.4, -0.2) is 19.3 Å². The molecule has 5 heteroatoms. The molecule has 2 rings (SSSR count). The lowest BCUT2D eigenvalue weighted by Crippen LogP contribution is -2.31. The number of benzene rings is 2. The van der Waals surface area contributed by atoms with Crippen LogP contribution < -0.4 is 0 Å². The summed E-state index contributed by atoms with van der Waals surface area (Å²) in [6.07, 6.45) is 0. The van der Waals surface area contributed by atoms with Gasteiger partial charge in [0.1, 0.15) is 5.60 Å². The molecule has 0 heterocycles. The van der Waals surface area contributed by atoms with E-state index in [1.54, 1.807) is 48.5 Å². The third-order valence-electron chi connectivity index (χ3n) is 3.32. The highest BCUT2D eigenvalue weighted by Crippen LogP contribution is 2.27. The maximum absolute atomic E-state index is 12.4. The van der Waals surface area contributed by atoms with Gasteiger partial charge >= 0.3 is 0 Å². The summed E-state index contributed by atoms with van der Waals surface area (Å²) in [4.78, 5) is 0.227. The molecule has 0 aliphatic carbocycles. The van der Waals surface area contributed by atoms with Crippen LogP contribution in [0.1, 0.15) is 18.1 Å².